The van der Waals surface area contributed by atoms with E-state index in [2.05, 4.69) is 29.4 Å². The summed E-state index contributed by atoms with van der Waals surface area (Å²) in [7, 11) is 0. The highest BCUT2D eigenvalue weighted by Crippen LogP contribution is 2.35. The molecule has 1 atom stereocenters. The van der Waals surface area contributed by atoms with Crippen molar-refractivity contribution >= 4 is 22.5 Å². The fourth-order valence-corrected chi connectivity index (χ4v) is 3.33. The Morgan fingerprint density at radius 3 is 3.11 bits per heavy atom. The Bertz CT molecular complexity index is 573. The minimum atomic E-state index is 0.477. The number of hydrogen-bond donors (Lipinski definition) is 2. The van der Waals surface area contributed by atoms with E-state index in [9.17, 15) is 0 Å². The van der Waals surface area contributed by atoms with Crippen LogP contribution < -0.4 is 5.32 Å². The number of hydrogen-bond acceptors (Lipinski definition) is 1. The molecule has 1 heterocycles. The minimum absolute atomic E-state index is 0.477. The number of halogens is 1. The monoisotopic (exact) mass is 276 g/mol. The number of nitrogens with one attached hydrogen (secondary N) is 2. The zero-order valence-electron chi connectivity index (χ0n) is 11.4. The van der Waals surface area contributed by atoms with Crippen LogP contribution in [0.15, 0.2) is 18.2 Å². The lowest BCUT2D eigenvalue weighted by molar-refractivity contribution is 0.492. The van der Waals surface area contributed by atoms with Crippen LogP contribution in [0, 0.1) is 0 Å². The smallest absolute Gasteiger partial charge is 0.0460 e. The van der Waals surface area contributed by atoms with Crippen molar-refractivity contribution in [2.45, 2.75) is 45.1 Å². The van der Waals surface area contributed by atoms with E-state index in [1.165, 1.54) is 47.8 Å². The largest absolute Gasteiger partial charge is 0.358 e. The Morgan fingerprint density at radius 2 is 2.26 bits per heavy atom. The standard InChI is InChI=1S/C16H21ClN2/c1-2-9-18-14-5-3-4-6-15-16(14)12-10-11(17)7-8-13(12)19-15/h7-8,10,14,18-19H,2-6,9H2,1H3. The Labute approximate surface area is 119 Å². The first kappa shape index (κ1) is 13.0. The zero-order chi connectivity index (χ0) is 13.2. The van der Waals surface area contributed by atoms with Gasteiger partial charge in [0.2, 0.25) is 0 Å². The molecule has 0 saturated heterocycles. The number of H-pyrrole nitrogens is 1. The molecule has 2 nitrogen and oxygen atoms in total. The highest BCUT2D eigenvalue weighted by Gasteiger charge is 2.22. The number of aromatic nitrogens is 1. The first-order valence-electron chi connectivity index (χ1n) is 7.33. The van der Waals surface area contributed by atoms with E-state index < -0.39 is 0 Å². The molecule has 0 radical (unpaired) electrons. The maximum absolute atomic E-state index is 6.18. The number of rotatable bonds is 3. The van der Waals surface area contributed by atoms with E-state index >= 15 is 0 Å². The number of aryl methyl sites for hydroxylation is 1. The van der Waals surface area contributed by atoms with Crippen LogP contribution >= 0.6 is 11.6 Å². The van der Waals surface area contributed by atoms with Gasteiger partial charge in [-0.1, -0.05) is 24.9 Å². The molecular formula is C16H21ClN2. The van der Waals surface area contributed by atoms with Gasteiger partial charge in [0.25, 0.3) is 0 Å². The normalized spacial score (nSPS) is 19.4. The molecule has 1 aliphatic carbocycles. The third-order valence-corrected chi connectivity index (χ3v) is 4.28. The first-order chi connectivity index (χ1) is 9.29. The first-order valence-corrected chi connectivity index (χ1v) is 7.70. The molecule has 0 aliphatic heterocycles. The summed E-state index contributed by atoms with van der Waals surface area (Å²) >= 11 is 6.18. The van der Waals surface area contributed by atoms with Crippen LogP contribution in [-0.2, 0) is 6.42 Å². The Morgan fingerprint density at radius 1 is 1.37 bits per heavy atom. The summed E-state index contributed by atoms with van der Waals surface area (Å²) in [5, 5.41) is 5.83. The molecule has 0 spiro atoms. The Kier molecular flexibility index (Phi) is 3.81. The fourth-order valence-electron chi connectivity index (χ4n) is 3.15. The average Bonchev–Trinajstić information content (AvgIpc) is 2.63. The summed E-state index contributed by atoms with van der Waals surface area (Å²) < 4.78 is 0. The molecule has 1 unspecified atom stereocenters. The van der Waals surface area contributed by atoms with Crippen molar-refractivity contribution in [3.8, 4) is 0 Å². The third kappa shape index (κ3) is 2.52. The molecule has 3 heteroatoms. The SMILES string of the molecule is CCCNC1CCCCc2[nH]c3ccc(Cl)cc3c21. The number of fused-ring (bicyclic) bond motifs is 3. The summed E-state index contributed by atoms with van der Waals surface area (Å²) in [6.45, 7) is 3.30. The van der Waals surface area contributed by atoms with Crippen molar-refractivity contribution in [1.82, 2.24) is 10.3 Å². The molecule has 0 fully saturated rings. The second kappa shape index (κ2) is 5.56. The van der Waals surface area contributed by atoms with Gasteiger partial charge in [-0.2, -0.15) is 0 Å². The molecule has 1 aromatic carbocycles. The molecule has 2 N–H and O–H groups in total. The maximum atomic E-state index is 6.18. The molecule has 19 heavy (non-hydrogen) atoms. The van der Waals surface area contributed by atoms with Crippen LogP contribution in [0.4, 0.5) is 0 Å². The van der Waals surface area contributed by atoms with E-state index in [4.69, 9.17) is 11.6 Å². The van der Waals surface area contributed by atoms with Gasteiger partial charge in [-0.05, 0) is 56.0 Å². The maximum Gasteiger partial charge on any atom is 0.0460 e. The molecular weight excluding hydrogens is 256 g/mol. The van der Waals surface area contributed by atoms with Crippen LogP contribution in [0.3, 0.4) is 0 Å². The molecule has 0 amide bonds. The quantitative estimate of drug-likeness (QED) is 0.789. The van der Waals surface area contributed by atoms with E-state index in [0.29, 0.717) is 6.04 Å². The highest BCUT2D eigenvalue weighted by atomic mass is 35.5. The van der Waals surface area contributed by atoms with Gasteiger partial charge >= 0.3 is 0 Å². The second-order valence-electron chi connectivity index (χ2n) is 5.46. The van der Waals surface area contributed by atoms with Gasteiger partial charge in [-0.15, -0.1) is 0 Å². The van der Waals surface area contributed by atoms with Gasteiger partial charge in [-0.25, -0.2) is 0 Å². The van der Waals surface area contributed by atoms with Gasteiger partial charge < -0.3 is 10.3 Å². The number of benzene rings is 1. The lowest BCUT2D eigenvalue weighted by Crippen LogP contribution is -2.22. The van der Waals surface area contributed by atoms with Gasteiger partial charge in [0.1, 0.15) is 0 Å². The summed E-state index contributed by atoms with van der Waals surface area (Å²) in [4.78, 5) is 3.59. The number of aromatic amines is 1. The van der Waals surface area contributed by atoms with Crippen molar-refractivity contribution in [2.75, 3.05) is 6.54 Å². The molecule has 102 valence electrons. The van der Waals surface area contributed by atoms with Crippen molar-refractivity contribution in [3.63, 3.8) is 0 Å². The van der Waals surface area contributed by atoms with Crippen LogP contribution in [0.2, 0.25) is 5.02 Å². The molecule has 2 aromatic rings. The summed E-state index contributed by atoms with van der Waals surface area (Å²) in [5.41, 5.74) is 4.09. The molecule has 0 saturated carbocycles. The highest BCUT2D eigenvalue weighted by molar-refractivity contribution is 6.31. The predicted molar refractivity (Wildman–Crippen MR) is 81.9 cm³/mol. The van der Waals surface area contributed by atoms with Crippen molar-refractivity contribution in [3.05, 3.63) is 34.5 Å². The molecule has 1 aromatic heterocycles. The lowest BCUT2D eigenvalue weighted by Gasteiger charge is -2.17. The van der Waals surface area contributed by atoms with E-state index in [1.807, 2.05) is 6.07 Å². The predicted octanol–water partition coefficient (Wildman–Crippen LogP) is 4.59. The van der Waals surface area contributed by atoms with Crippen molar-refractivity contribution in [1.29, 1.82) is 0 Å². The molecule has 0 bridgehead atoms. The molecule has 3 rings (SSSR count). The van der Waals surface area contributed by atoms with Crippen LogP contribution in [-0.4, -0.2) is 11.5 Å². The van der Waals surface area contributed by atoms with Gasteiger partial charge in [0, 0.05) is 27.7 Å². The topological polar surface area (TPSA) is 27.8 Å². The Balaban J connectivity index is 2.08. The summed E-state index contributed by atoms with van der Waals surface area (Å²) in [6.07, 6.45) is 6.14. The van der Waals surface area contributed by atoms with Crippen molar-refractivity contribution < 1.29 is 0 Å². The molecule has 1 aliphatic rings. The summed E-state index contributed by atoms with van der Waals surface area (Å²) in [5.74, 6) is 0. The van der Waals surface area contributed by atoms with Gasteiger partial charge in [-0.3, -0.25) is 0 Å². The van der Waals surface area contributed by atoms with Gasteiger partial charge in [0.15, 0.2) is 0 Å². The van der Waals surface area contributed by atoms with E-state index in [0.717, 1.165) is 18.0 Å². The zero-order valence-corrected chi connectivity index (χ0v) is 12.2. The van der Waals surface area contributed by atoms with E-state index in [-0.39, 0.29) is 0 Å². The lowest BCUT2D eigenvalue weighted by atomic mass is 10.0. The average molecular weight is 277 g/mol. The van der Waals surface area contributed by atoms with Crippen LogP contribution in [0.5, 0.6) is 0 Å². The van der Waals surface area contributed by atoms with E-state index in [1.54, 1.807) is 0 Å². The second-order valence-corrected chi connectivity index (χ2v) is 5.90. The fraction of sp³-hybridized carbons (Fsp3) is 0.500. The minimum Gasteiger partial charge on any atom is -0.358 e. The van der Waals surface area contributed by atoms with Gasteiger partial charge in [0.05, 0.1) is 0 Å². The Hall–Kier alpha value is -0.990. The third-order valence-electron chi connectivity index (χ3n) is 4.04. The van der Waals surface area contributed by atoms with Crippen molar-refractivity contribution in [2.24, 2.45) is 0 Å². The summed E-state index contributed by atoms with van der Waals surface area (Å²) in [6, 6.07) is 6.65. The van der Waals surface area contributed by atoms with Crippen LogP contribution in [0.1, 0.15) is 49.9 Å². The van der Waals surface area contributed by atoms with Crippen LogP contribution in [0.25, 0.3) is 10.9 Å².